The summed E-state index contributed by atoms with van der Waals surface area (Å²) in [6, 6.07) is 0. The summed E-state index contributed by atoms with van der Waals surface area (Å²) in [6.45, 7) is 6.07. The average Bonchev–Trinajstić information content (AvgIpc) is 2.61. The number of rotatable bonds is 4. The number of hydrogen-bond donors (Lipinski definition) is 1. The Morgan fingerprint density at radius 1 is 1.53 bits per heavy atom. The molecule has 19 heavy (non-hydrogen) atoms. The van der Waals surface area contributed by atoms with Gasteiger partial charge in [0.15, 0.2) is 0 Å². The van der Waals surface area contributed by atoms with Crippen molar-refractivity contribution in [1.82, 2.24) is 14.7 Å². The summed E-state index contributed by atoms with van der Waals surface area (Å²) in [6.07, 6.45) is 0.879. The molecule has 5 nitrogen and oxygen atoms in total. The number of hydrogen-bond acceptors (Lipinski definition) is 4. The van der Waals surface area contributed by atoms with E-state index >= 15 is 0 Å². The molecule has 0 aromatic carbocycles. The van der Waals surface area contributed by atoms with E-state index in [-0.39, 0.29) is 12.5 Å². The second kappa shape index (κ2) is 6.70. The van der Waals surface area contributed by atoms with Gasteiger partial charge in [0.25, 0.3) is 0 Å². The Kier molecular flexibility index (Phi) is 5.21. The van der Waals surface area contributed by atoms with Crippen molar-refractivity contribution in [2.75, 3.05) is 32.9 Å². The fourth-order valence-corrected chi connectivity index (χ4v) is 2.68. The molecule has 2 rings (SSSR count). The summed E-state index contributed by atoms with van der Waals surface area (Å²) in [5.74, 6) is 0.183. The summed E-state index contributed by atoms with van der Waals surface area (Å²) in [5, 5.41) is 14.5. The molecule has 1 atom stereocenters. The minimum Gasteiger partial charge on any atom is -0.396 e. The van der Waals surface area contributed by atoms with Crippen molar-refractivity contribution in [3.05, 3.63) is 16.4 Å². The van der Waals surface area contributed by atoms with Gasteiger partial charge in [-0.3, -0.25) is 9.58 Å². The molecule has 0 bridgehead atoms. The SMILES string of the molecule is CCc1nn(C)c(Cl)c1CN1CCOC[C@@H](CO)C1. The van der Waals surface area contributed by atoms with Gasteiger partial charge in [0, 0.05) is 44.8 Å². The molecule has 0 unspecified atom stereocenters. The summed E-state index contributed by atoms with van der Waals surface area (Å²) in [5.41, 5.74) is 2.16. The van der Waals surface area contributed by atoms with Gasteiger partial charge < -0.3 is 9.84 Å². The first-order valence-corrected chi connectivity index (χ1v) is 7.14. The van der Waals surface area contributed by atoms with E-state index in [1.165, 1.54) is 0 Å². The van der Waals surface area contributed by atoms with Crippen molar-refractivity contribution < 1.29 is 9.84 Å². The van der Waals surface area contributed by atoms with Crippen molar-refractivity contribution in [2.24, 2.45) is 13.0 Å². The Labute approximate surface area is 119 Å². The Hall–Kier alpha value is -0.620. The highest BCUT2D eigenvalue weighted by molar-refractivity contribution is 6.30. The van der Waals surface area contributed by atoms with Crippen molar-refractivity contribution in [1.29, 1.82) is 0 Å². The van der Waals surface area contributed by atoms with E-state index in [0.717, 1.165) is 37.3 Å². The first-order chi connectivity index (χ1) is 9.15. The lowest BCUT2D eigenvalue weighted by Crippen LogP contribution is -2.31. The molecular formula is C13H22ClN3O2. The second-order valence-electron chi connectivity index (χ2n) is 5.05. The normalized spacial score (nSPS) is 21.6. The fraction of sp³-hybridized carbons (Fsp3) is 0.769. The number of aromatic nitrogens is 2. The third-order valence-electron chi connectivity index (χ3n) is 3.55. The molecule has 1 aliphatic heterocycles. The van der Waals surface area contributed by atoms with Crippen LogP contribution in [0.3, 0.4) is 0 Å². The highest BCUT2D eigenvalue weighted by Crippen LogP contribution is 2.22. The number of ether oxygens (including phenoxy) is 1. The van der Waals surface area contributed by atoms with Gasteiger partial charge in [-0.05, 0) is 6.42 Å². The van der Waals surface area contributed by atoms with Crippen molar-refractivity contribution in [2.45, 2.75) is 19.9 Å². The van der Waals surface area contributed by atoms with Gasteiger partial charge in [0.05, 0.1) is 18.9 Å². The molecule has 1 saturated heterocycles. The number of nitrogens with zero attached hydrogens (tertiary/aromatic N) is 3. The van der Waals surface area contributed by atoms with Gasteiger partial charge in [-0.2, -0.15) is 5.10 Å². The number of halogens is 1. The predicted octanol–water partition coefficient (Wildman–Crippen LogP) is 1.08. The molecule has 0 spiro atoms. The molecule has 1 aromatic heterocycles. The van der Waals surface area contributed by atoms with E-state index < -0.39 is 0 Å². The lowest BCUT2D eigenvalue weighted by Gasteiger charge is -2.22. The van der Waals surface area contributed by atoms with E-state index in [4.69, 9.17) is 16.3 Å². The van der Waals surface area contributed by atoms with Crippen LogP contribution in [-0.2, 0) is 24.8 Å². The molecule has 0 amide bonds. The fourth-order valence-electron chi connectivity index (χ4n) is 2.47. The highest BCUT2D eigenvalue weighted by Gasteiger charge is 2.21. The maximum atomic E-state index is 9.31. The minimum atomic E-state index is 0.165. The number of aliphatic hydroxyl groups excluding tert-OH is 1. The van der Waals surface area contributed by atoms with Gasteiger partial charge in [0.1, 0.15) is 5.15 Å². The number of aryl methyl sites for hydroxylation is 2. The lowest BCUT2D eigenvalue weighted by molar-refractivity contribution is 0.0958. The van der Waals surface area contributed by atoms with Gasteiger partial charge in [-0.15, -0.1) is 0 Å². The third-order valence-corrected chi connectivity index (χ3v) is 4.02. The third kappa shape index (κ3) is 3.48. The summed E-state index contributed by atoms with van der Waals surface area (Å²) in [4.78, 5) is 2.29. The van der Waals surface area contributed by atoms with Crippen LogP contribution < -0.4 is 0 Å². The largest absolute Gasteiger partial charge is 0.396 e. The van der Waals surface area contributed by atoms with Crippen LogP contribution in [0.25, 0.3) is 0 Å². The summed E-state index contributed by atoms with van der Waals surface area (Å²) >= 11 is 6.32. The maximum Gasteiger partial charge on any atom is 0.131 e. The Balaban J connectivity index is 2.11. The zero-order valence-corrected chi connectivity index (χ0v) is 12.4. The van der Waals surface area contributed by atoms with Gasteiger partial charge in [0.2, 0.25) is 0 Å². The van der Waals surface area contributed by atoms with Crippen molar-refractivity contribution >= 4 is 11.6 Å². The lowest BCUT2D eigenvalue weighted by atomic mass is 10.1. The van der Waals surface area contributed by atoms with E-state index in [1.807, 2.05) is 7.05 Å². The van der Waals surface area contributed by atoms with E-state index in [9.17, 15) is 5.11 Å². The minimum absolute atomic E-state index is 0.165. The van der Waals surface area contributed by atoms with Crippen LogP contribution in [0.4, 0.5) is 0 Å². The van der Waals surface area contributed by atoms with Crippen molar-refractivity contribution in [3.63, 3.8) is 0 Å². The molecule has 0 aliphatic carbocycles. The Morgan fingerprint density at radius 2 is 2.32 bits per heavy atom. The Morgan fingerprint density at radius 3 is 3.00 bits per heavy atom. The molecule has 0 saturated carbocycles. The molecule has 0 radical (unpaired) electrons. The van der Waals surface area contributed by atoms with E-state index in [1.54, 1.807) is 4.68 Å². The zero-order valence-electron chi connectivity index (χ0n) is 11.6. The van der Waals surface area contributed by atoms with Crippen molar-refractivity contribution in [3.8, 4) is 0 Å². The topological polar surface area (TPSA) is 50.5 Å². The molecule has 6 heteroatoms. The summed E-state index contributed by atoms with van der Waals surface area (Å²) in [7, 11) is 1.87. The van der Waals surface area contributed by atoms with Crippen LogP contribution >= 0.6 is 11.6 Å². The van der Waals surface area contributed by atoms with Crippen LogP contribution in [0, 0.1) is 5.92 Å². The van der Waals surface area contributed by atoms with Crippen LogP contribution in [0.5, 0.6) is 0 Å². The first-order valence-electron chi connectivity index (χ1n) is 6.76. The van der Waals surface area contributed by atoms with Gasteiger partial charge >= 0.3 is 0 Å². The maximum absolute atomic E-state index is 9.31. The summed E-state index contributed by atoms with van der Waals surface area (Å²) < 4.78 is 7.23. The molecule has 1 fully saturated rings. The molecule has 108 valence electrons. The standard InChI is InChI=1S/C13H22ClN3O2/c1-3-12-11(13(14)16(2)15-12)7-17-4-5-19-9-10(6-17)8-18/h10,18H,3-9H2,1-2H3/t10-/m1/s1. The van der Waals surface area contributed by atoms with E-state index in [0.29, 0.717) is 18.4 Å². The van der Waals surface area contributed by atoms with Crippen LogP contribution in [0.15, 0.2) is 0 Å². The first kappa shape index (κ1) is 14.8. The van der Waals surface area contributed by atoms with Gasteiger partial charge in [-0.1, -0.05) is 18.5 Å². The second-order valence-corrected chi connectivity index (χ2v) is 5.41. The molecular weight excluding hydrogens is 266 g/mol. The highest BCUT2D eigenvalue weighted by atomic mass is 35.5. The average molecular weight is 288 g/mol. The van der Waals surface area contributed by atoms with E-state index in [2.05, 4.69) is 16.9 Å². The molecule has 1 N–H and O–H groups in total. The molecule has 1 aliphatic rings. The Bertz CT molecular complexity index is 422. The molecule has 2 heterocycles. The quantitative estimate of drug-likeness (QED) is 0.900. The van der Waals surface area contributed by atoms with Crippen LogP contribution in [0.1, 0.15) is 18.2 Å². The zero-order chi connectivity index (χ0) is 13.8. The number of aliphatic hydroxyl groups is 1. The monoisotopic (exact) mass is 287 g/mol. The van der Waals surface area contributed by atoms with Crippen LogP contribution in [0.2, 0.25) is 5.15 Å². The van der Waals surface area contributed by atoms with Gasteiger partial charge in [-0.25, -0.2) is 0 Å². The predicted molar refractivity (Wildman–Crippen MR) is 74.3 cm³/mol. The van der Waals surface area contributed by atoms with Crippen LogP contribution in [-0.4, -0.2) is 52.7 Å². The molecule has 1 aromatic rings. The smallest absolute Gasteiger partial charge is 0.131 e.